The van der Waals surface area contributed by atoms with Gasteiger partial charge in [-0.1, -0.05) is 6.07 Å². The molecule has 1 unspecified atom stereocenters. The van der Waals surface area contributed by atoms with Crippen LogP contribution in [0.25, 0.3) is 0 Å². The zero-order valence-electron chi connectivity index (χ0n) is 6.83. The predicted molar refractivity (Wildman–Crippen MR) is 46.1 cm³/mol. The van der Waals surface area contributed by atoms with E-state index in [0.29, 0.717) is 9.37 Å². The van der Waals surface area contributed by atoms with Gasteiger partial charge in [0, 0.05) is 9.37 Å². The summed E-state index contributed by atoms with van der Waals surface area (Å²) in [5, 5.41) is 0. The summed E-state index contributed by atoms with van der Waals surface area (Å²) in [6.07, 6.45) is 0. The number of halogens is 1. The second kappa shape index (κ2) is 5.52. The Hall–Kier alpha value is 0.810. The van der Waals surface area contributed by atoms with Gasteiger partial charge in [0.05, 0.1) is 0 Å². The van der Waals surface area contributed by atoms with Gasteiger partial charge in [-0.3, -0.25) is 4.21 Å². The van der Waals surface area contributed by atoms with E-state index < -0.39 is 11.1 Å². The third kappa shape index (κ3) is 3.28. The Morgan fingerprint density at radius 1 is 1.50 bits per heavy atom. The Balaban J connectivity index is 0.00000121. The molecule has 0 aliphatic rings. The van der Waals surface area contributed by atoms with Crippen molar-refractivity contribution in [2.45, 2.75) is 11.8 Å². The normalized spacial score (nSPS) is 11.9. The maximum absolute atomic E-state index is 10.5. The van der Waals surface area contributed by atoms with Gasteiger partial charge in [-0.05, 0) is 51.6 Å². The average Bonchev–Trinajstić information content (AvgIpc) is 1.94. The molecule has 0 aromatic heterocycles. The van der Waals surface area contributed by atoms with Crippen molar-refractivity contribution in [2.24, 2.45) is 0 Å². The zero-order chi connectivity index (χ0) is 8.43. The maximum atomic E-state index is 10.5. The van der Waals surface area contributed by atoms with Crippen LogP contribution in [0, 0.1) is 6.92 Å². The van der Waals surface area contributed by atoms with Crippen LogP contribution in [0.5, 0.6) is 0 Å². The van der Waals surface area contributed by atoms with Crippen molar-refractivity contribution in [1.29, 1.82) is 0 Å². The van der Waals surface area contributed by atoms with Crippen LogP contribution in [0.2, 0.25) is 0 Å². The van der Waals surface area contributed by atoms with E-state index in [1.807, 2.05) is 13.0 Å². The van der Waals surface area contributed by atoms with Crippen LogP contribution in [0.1, 0.15) is 5.56 Å². The topological polar surface area (TPSA) is 40.1 Å². The molecule has 0 aliphatic carbocycles. The van der Waals surface area contributed by atoms with Crippen molar-refractivity contribution < 1.29 is 38.3 Å². The number of aryl methyl sites for hydroxylation is 1. The van der Waals surface area contributed by atoms with Crippen LogP contribution >= 0.6 is 15.9 Å². The predicted octanol–water partition coefficient (Wildman–Crippen LogP) is -1.00. The Morgan fingerprint density at radius 3 is 2.50 bits per heavy atom. The first kappa shape index (κ1) is 12.8. The molecule has 1 aromatic rings. The van der Waals surface area contributed by atoms with E-state index in [1.165, 1.54) is 0 Å². The second-order valence-corrected chi connectivity index (χ2v) is 3.93. The molecule has 0 heterocycles. The van der Waals surface area contributed by atoms with Gasteiger partial charge in [0.25, 0.3) is 0 Å². The molecule has 1 rings (SSSR count). The fraction of sp³-hybridized carbons (Fsp3) is 0.143. The van der Waals surface area contributed by atoms with Crippen LogP contribution in [0.15, 0.2) is 27.6 Å². The third-order valence-corrected chi connectivity index (χ3v) is 2.92. The first-order chi connectivity index (χ1) is 5.11. The second-order valence-electron chi connectivity index (χ2n) is 2.17. The van der Waals surface area contributed by atoms with E-state index in [-0.39, 0.29) is 29.6 Å². The Morgan fingerprint density at radius 2 is 2.08 bits per heavy atom. The molecule has 12 heavy (non-hydrogen) atoms. The van der Waals surface area contributed by atoms with E-state index in [2.05, 4.69) is 15.9 Å². The fourth-order valence-electron chi connectivity index (χ4n) is 0.738. The summed E-state index contributed by atoms with van der Waals surface area (Å²) in [4.78, 5) is 0.310. The summed E-state index contributed by atoms with van der Waals surface area (Å²) in [6.45, 7) is 1.85. The van der Waals surface area contributed by atoms with Crippen LogP contribution in [-0.2, 0) is 11.1 Å². The largest absolute Gasteiger partial charge is 1.00 e. The minimum Gasteiger partial charge on any atom is -0.768 e. The summed E-state index contributed by atoms with van der Waals surface area (Å²) >= 11 is 0.990. The Bertz CT molecular complexity index is 303. The van der Waals surface area contributed by atoms with Gasteiger partial charge in [-0.25, -0.2) is 0 Å². The number of rotatable bonds is 1. The standard InChI is InChI=1S/C7H7BrO2S.Na/c1-5-2-3-6(8)7(4-5)11(9)10;/h2-4H,1H3,(H,9,10);/q;+1/p-1. The third-order valence-electron chi connectivity index (χ3n) is 1.27. The summed E-state index contributed by atoms with van der Waals surface area (Å²) in [5.41, 5.74) is 0.937. The molecule has 2 nitrogen and oxygen atoms in total. The molecule has 0 saturated carbocycles. The average molecular weight is 257 g/mol. The SMILES string of the molecule is Cc1ccc(Br)c(S(=O)[O-])c1.[Na+]. The number of hydrogen-bond acceptors (Lipinski definition) is 2. The van der Waals surface area contributed by atoms with Crippen LogP contribution < -0.4 is 29.6 Å². The Kier molecular flexibility index (Phi) is 5.89. The van der Waals surface area contributed by atoms with Gasteiger partial charge in [-0.2, -0.15) is 0 Å². The molecular weight excluding hydrogens is 251 g/mol. The molecule has 60 valence electrons. The molecule has 0 radical (unpaired) electrons. The van der Waals surface area contributed by atoms with Gasteiger partial charge >= 0.3 is 29.6 Å². The van der Waals surface area contributed by atoms with E-state index >= 15 is 0 Å². The van der Waals surface area contributed by atoms with Crippen LogP contribution in [0.3, 0.4) is 0 Å². The van der Waals surface area contributed by atoms with E-state index in [0.717, 1.165) is 5.56 Å². The van der Waals surface area contributed by atoms with Crippen molar-refractivity contribution in [3.05, 3.63) is 28.2 Å². The van der Waals surface area contributed by atoms with Gasteiger partial charge in [-0.15, -0.1) is 0 Å². The molecule has 1 aromatic carbocycles. The number of hydrogen-bond donors (Lipinski definition) is 0. The van der Waals surface area contributed by atoms with Gasteiger partial charge in [0.15, 0.2) is 0 Å². The molecule has 0 aliphatic heterocycles. The van der Waals surface area contributed by atoms with Crippen LogP contribution in [-0.4, -0.2) is 8.76 Å². The van der Waals surface area contributed by atoms with E-state index in [1.54, 1.807) is 12.1 Å². The summed E-state index contributed by atoms with van der Waals surface area (Å²) in [5.74, 6) is 0. The number of benzene rings is 1. The van der Waals surface area contributed by atoms with Crippen molar-refractivity contribution in [3.63, 3.8) is 0 Å². The summed E-state index contributed by atoms with van der Waals surface area (Å²) in [7, 11) is 0. The molecule has 1 atom stereocenters. The minimum absolute atomic E-state index is 0. The van der Waals surface area contributed by atoms with Crippen LogP contribution in [0.4, 0.5) is 0 Å². The quantitative estimate of drug-likeness (QED) is 0.478. The van der Waals surface area contributed by atoms with Crippen molar-refractivity contribution in [3.8, 4) is 0 Å². The molecular formula is C7H6BrNaO2S. The van der Waals surface area contributed by atoms with Crippen molar-refractivity contribution in [1.82, 2.24) is 0 Å². The van der Waals surface area contributed by atoms with E-state index in [9.17, 15) is 8.76 Å². The van der Waals surface area contributed by atoms with Gasteiger partial charge in [0.2, 0.25) is 0 Å². The summed E-state index contributed by atoms with van der Waals surface area (Å²) in [6, 6.07) is 5.19. The van der Waals surface area contributed by atoms with Gasteiger partial charge in [0.1, 0.15) is 0 Å². The maximum Gasteiger partial charge on any atom is 1.00 e. The first-order valence-electron chi connectivity index (χ1n) is 2.96. The molecule has 0 bridgehead atoms. The summed E-state index contributed by atoms with van der Waals surface area (Å²) < 4.78 is 21.7. The molecule has 0 fully saturated rings. The first-order valence-corrected chi connectivity index (χ1v) is 4.83. The van der Waals surface area contributed by atoms with Crippen molar-refractivity contribution >= 4 is 27.0 Å². The molecule has 5 heteroatoms. The van der Waals surface area contributed by atoms with E-state index in [4.69, 9.17) is 0 Å². The van der Waals surface area contributed by atoms with Crippen molar-refractivity contribution in [2.75, 3.05) is 0 Å². The minimum atomic E-state index is -2.15. The molecule has 0 N–H and O–H groups in total. The Labute approximate surface area is 104 Å². The fourth-order valence-corrected chi connectivity index (χ4v) is 1.89. The molecule has 0 saturated heterocycles. The van der Waals surface area contributed by atoms with Gasteiger partial charge < -0.3 is 4.55 Å². The smallest absolute Gasteiger partial charge is 0.768 e. The molecule has 0 spiro atoms. The zero-order valence-corrected chi connectivity index (χ0v) is 11.2. The monoisotopic (exact) mass is 256 g/mol. The molecule has 0 amide bonds.